The summed E-state index contributed by atoms with van der Waals surface area (Å²) < 4.78 is 1.83. The Morgan fingerprint density at radius 1 is 1.53 bits per heavy atom. The van der Waals surface area contributed by atoms with Gasteiger partial charge in [-0.3, -0.25) is 9.55 Å². The topological polar surface area (TPSA) is 62.7 Å². The van der Waals surface area contributed by atoms with Crippen LogP contribution in [0.1, 0.15) is 12.5 Å². The Labute approximate surface area is 86.1 Å². The molecule has 0 radical (unpaired) electrons. The van der Waals surface area contributed by atoms with E-state index in [1.807, 2.05) is 10.6 Å². The van der Waals surface area contributed by atoms with Crippen LogP contribution >= 0.6 is 0 Å². The van der Waals surface area contributed by atoms with Gasteiger partial charge in [0.1, 0.15) is 0 Å². The van der Waals surface area contributed by atoms with Crippen LogP contribution in [0.15, 0.2) is 23.3 Å². The first-order chi connectivity index (χ1) is 7.36. The lowest BCUT2D eigenvalue weighted by Crippen LogP contribution is -2.23. The minimum Gasteiger partial charge on any atom is -0.315 e. The molecule has 1 aliphatic rings. The third kappa shape index (κ3) is 1.27. The van der Waals surface area contributed by atoms with Crippen LogP contribution in [-0.4, -0.2) is 27.6 Å². The van der Waals surface area contributed by atoms with Gasteiger partial charge in [-0.25, -0.2) is 4.79 Å². The Kier molecular flexibility index (Phi) is 1.85. The molecular formula is C10H12N4O. The van der Waals surface area contributed by atoms with E-state index in [0.29, 0.717) is 0 Å². The first-order valence-electron chi connectivity index (χ1n) is 5.11. The van der Waals surface area contributed by atoms with E-state index in [0.717, 1.165) is 30.5 Å². The molecule has 78 valence electrons. The van der Waals surface area contributed by atoms with Crippen molar-refractivity contribution >= 4 is 11.0 Å². The smallest absolute Gasteiger partial charge is 0.315 e. The van der Waals surface area contributed by atoms with Gasteiger partial charge in [-0.2, -0.15) is 0 Å². The summed E-state index contributed by atoms with van der Waals surface area (Å²) in [6.45, 7) is 1.85. The SMILES string of the molecule is O=c1[nH]c2cnccc2n1C1CCNC1. The zero-order valence-corrected chi connectivity index (χ0v) is 8.23. The van der Waals surface area contributed by atoms with Crippen LogP contribution in [-0.2, 0) is 0 Å². The molecule has 2 aromatic rings. The second-order valence-corrected chi connectivity index (χ2v) is 3.84. The van der Waals surface area contributed by atoms with Crippen molar-refractivity contribution in [3.05, 3.63) is 28.9 Å². The van der Waals surface area contributed by atoms with E-state index >= 15 is 0 Å². The number of nitrogens with zero attached hydrogens (tertiary/aromatic N) is 2. The summed E-state index contributed by atoms with van der Waals surface area (Å²) in [6.07, 6.45) is 4.42. The molecule has 5 nitrogen and oxygen atoms in total. The number of hydrogen-bond donors (Lipinski definition) is 2. The highest BCUT2D eigenvalue weighted by Crippen LogP contribution is 2.18. The molecule has 15 heavy (non-hydrogen) atoms. The highest BCUT2D eigenvalue weighted by Gasteiger charge is 2.20. The van der Waals surface area contributed by atoms with E-state index in [1.165, 1.54) is 0 Å². The first-order valence-corrected chi connectivity index (χ1v) is 5.11. The Morgan fingerprint density at radius 3 is 3.27 bits per heavy atom. The zero-order valence-electron chi connectivity index (χ0n) is 8.23. The monoisotopic (exact) mass is 204 g/mol. The van der Waals surface area contributed by atoms with Crippen molar-refractivity contribution in [3.8, 4) is 0 Å². The molecule has 0 amide bonds. The van der Waals surface area contributed by atoms with Gasteiger partial charge >= 0.3 is 5.69 Å². The Morgan fingerprint density at radius 2 is 2.47 bits per heavy atom. The largest absolute Gasteiger partial charge is 0.326 e. The highest BCUT2D eigenvalue weighted by atomic mass is 16.1. The van der Waals surface area contributed by atoms with Crippen molar-refractivity contribution in [3.63, 3.8) is 0 Å². The molecule has 1 fully saturated rings. The second kappa shape index (κ2) is 3.20. The van der Waals surface area contributed by atoms with Crippen molar-refractivity contribution in [1.29, 1.82) is 0 Å². The van der Waals surface area contributed by atoms with Gasteiger partial charge in [-0.1, -0.05) is 0 Å². The average Bonchev–Trinajstić information content (AvgIpc) is 2.82. The summed E-state index contributed by atoms with van der Waals surface area (Å²) in [6, 6.07) is 2.15. The molecule has 1 aliphatic heterocycles. The molecule has 0 spiro atoms. The minimum atomic E-state index is -0.0355. The fourth-order valence-corrected chi connectivity index (χ4v) is 2.20. The predicted molar refractivity (Wildman–Crippen MR) is 56.9 cm³/mol. The minimum absolute atomic E-state index is 0.0355. The van der Waals surface area contributed by atoms with E-state index in [4.69, 9.17) is 0 Å². The Bertz CT molecular complexity index is 536. The maximum Gasteiger partial charge on any atom is 0.326 e. The lowest BCUT2D eigenvalue weighted by Gasteiger charge is -2.09. The van der Waals surface area contributed by atoms with Gasteiger partial charge < -0.3 is 10.3 Å². The molecule has 1 unspecified atom stereocenters. The normalized spacial score (nSPS) is 21.2. The second-order valence-electron chi connectivity index (χ2n) is 3.84. The van der Waals surface area contributed by atoms with Gasteiger partial charge in [0.05, 0.1) is 23.3 Å². The average molecular weight is 204 g/mol. The summed E-state index contributed by atoms with van der Waals surface area (Å²) >= 11 is 0. The van der Waals surface area contributed by atoms with Crippen LogP contribution in [0, 0.1) is 0 Å². The molecule has 2 N–H and O–H groups in total. The number of hydrogen-bond acceptors (Lipinski definition) is 3. The fourth-order valence-electron chi connectivity index (χ4n) is 2.20. The summed E-state index contributed by atoms with van der Waals surface area (Å²) in [5, 5.41) is 3.26. The van der Waals surface area contributed by atoms with Crippen LogP contribution in [0.4, 0.5) is 0 Å². The van der Waals surface area contributed by atoms with Crippen molar-refractivity contribution in [2.24, 2.45) is 0 Å². The molecule has 3 rings (SSSR count). The number of imidazole rings is 1. The fraction of sp³-hybridized carbons (Fsp3) is 0.400. The first kappa shape index (κ1) is 8.67. The lowest BCUT2D eigenvalue weighted by molar-refractivity contribution is 0.546. The van der Waals surface area contributed by atoms with Crippen LogP contribution < -0.4 is 11.0 Å². The lowest BCUT2D eigenvalue weighted by atomic mass is 10.2. The van der Waals surface area contributed by atoms with E-state index in [1.54, 1.807) is 12.4 Å². The summed E-state index contributed by atoms with van der Waals surface area (Å²) in [5.74, 6) is 0. The van der Waals surface area contributed by atoms with E-state index in [9.17, 15) is 4.79 Å². The summed E-state index contributed by atoms with van der Waals surface area (Å²) in [4.78, 5) is 18.6. The quantitative estimate of drug-likeness (QED) is 0.700. The number of aromatic amines is 1. The molecule has 5 heteroatoms. The molecule has 0 aliphatic carbocycles. The third-order valence-electron chi connectivity index (χ3n) is 2.92. The number of H-pyrrole nitrogens is 1. The van der Waals surface area contributed by atoms with Crippen molar-refractivity contribution < 1.29 is 0 Å². The maximum absolute atomic E-state index is 11.8. The number of pyridine rings is 1. The van der Waals surface area contributed by atoms with E-state index in [2.05, 4.69) is 15.3 Å². The number of rotatable bonds is 1. The van der Waals surface area contributed by atoms with E-state index in [-0.39, 0.29) is 11.7 Å². The van der Waals surface area contributed by atoms with Crippen molar-refractivity contribution in [1.82, 2.24) is 19.9 Å². The molecule has 1 atom stereocenters. The van der Waals surface area contributed by atoms with Crippen LogP contribution in [0.25, 0.3) is 11.0 Å². The van der Waals surface area contributed by atoms with E-state index < -0.39 is 0 Å². The molecule has 3 heterocycles. The Balaban J connectivity index is 2.23. The predicted octanol–water partition coefficient (Wildman–Crippen LogP) is 0.259. The summed E-state index contributed by atoms with van der Waals surface area (Å²) in [5.41, 5.74) is 1.73. The summed E-state index contributed by atoms with van der Waals surface area (Å²) in [7, 11) is 0. The van der Waals surface area contributed by atoms with Gasteiger partial charge in [0, 0.05) is 12.7 Å². The highest BCUT2D eigenvalue weighted by molar-refractivity contribution is 5.73. The molecule has 0 bridgehead atoms. The van der Waals surface area contributed by atoms with Gasteiger partial charge in [0.25, 0.3) is 0 Å². The zero-order chi connectivity index (χ0) is 10.3. The van der Waals surface area contributed by atoms with Crippen LogP contribution in [0.3, 0.4) is 0 Å². The number of nitrogens with one attached hydrogen (secondary N) is 2. The van der Waals surface area contributed by atoms with Gasteiger partial charge in [0.15, 0.2) is 0 Å². The molecule has 1 saturated heterocycles. The van der Waals surface area contributed by atoms with Crippen molar-refractivity contribution in [2.75, 3.05) is 13.1 Å². The molecule has 2 aromatic heterocycles. The third-order valence-corrected chi connectivity index (χ3v) is 2.92. The molecule has 0 aromatic carbocycles. The van der Waals surface area contributed by atoms with Crippen LogP contribution in [0.2, 0.25) is 0 Å². The van der Waals surface area contributed by atoms with Crippen molar-refractivity contribution in [2.45, 2.75) is 12.5 Å². The Hall–Kier alpha value is -1.62. The molecule has 0 saturated carbocycles. The standard InChI is InChI=1S/C10H12N4O/c15-10-13-8-6-12-4-2-9(8)14(10)7-1-3-11-5-7/h2,4,6-7,11H,1,3,5H2,(H,13,15). The number of aromatic nitrogens is 3. The molecular weight excluding hydrogens is 192 g/mol. The van der Waals surface area contributed by atoms with Gasteiger partial charge in [-0.05, 0) is 19.0 Å². The van der Waals surface area contributed by atoms with Crippen LogP contribution in [0.5, 0.6) is 0 Å². The number of fused-ring (bicyclic) bond motifs is 1. The maximum atomic E-state index is 11.8. The van der Waals surface area contributed by atoms with Gasteiger partial charge in [0.2, 0.25) is 0 Å². The van der Waals surface area contributed by atoms with Gasteiger partial charge in [-0.15, -0.1) is 0 Å².